The van der Waals surface area contributed by atoms with Crippen molar-refractivity contribution in [3.63, 3.8) is 0 Å². The van der Waals surface area contributed by atoms with Crippen LogP contribution in [0.1, 0.15) is 33.6 Å². The number of nitrogens with zero attached hydrogens (tertiary/aromatic N) is 1. The summed E-state index contributed by atoms with van der Waals surface area (Å²) in [6, 6.07) is 0.502. The molecule has 0 aromatic rings. The van der Waals surface area contributed by atoms with Gasteiger partial charge in [0.25, 0.3) is 0 Å². The van der Waals surface area contributed by atoms with Gasteiger partial charge in [0.15, 0.2) is 0 Å². The third-order valence-electron chi connectivity index (χ3n) is 2.57. The number of hydrogen-bond donors (Lipinski definition) is 2. The average Bonchev–Trinajstić information content (AvgIpc) is 2.51. The Morgan fingerprint density at radius 2 is 2.27 bits per heavy atom. The van der Waals surface area contributed by atoms with E-state index in [4.69, 9.17) is 0 Å². The van der Waals surface area contributed by atoms with Crippen molar-refractivity contribution in [2.75, 3.05) is 19.6 Å². The smallest absolute Gasteiger partial charge is 0.315 e. The first-order valence-electron chi connectivity index (χ1n) is 5.91. The van der Waals surface area contributed by atoms with Crippen molar-refractivity contribution in [3.05, 3.63) is 0 Å². The molecule has 1 fully saturated rings. The Balaban J connectivity index is 2.20. The predicted octanol–water partition coefficient (Wildman–Crippen LogP) is 1.18. The summed E-state index contributed by atoms with van der Waals surface area (Å²) in [5.74, 6) is 0. The van der Waals surface area contributed by atoms with Gasteiger partial charge in [-0.1, -0.05) is 6.92 Å². The quantitative estimate of drug-likeness (QED) is 0.736. The van der Waals surface area contributed by atoms with Gasteiger partial charge >= 0.3 is 6.03 Å². The number of amides is 2. The first-order chi connectivity index (χ1) is 7.11. The predicted molar refractivity (Wildman–Crippen MR) is 61.9 cm³/mol. The number of rotatable bonds is 4. The highest BCUT2D eigenvalue weighted by molar-refractivity contribution is 5.74. The molecule has 0 aromatic heterocycles. The SMILES string of the molecule is CCCN1CC[C@H](NC(=O)NC(C)C)C1. The molecular weight excluding hydrogens is 190 g/mol. The maximum Gasteiger partial charge on any atom is 0.315 e. The fourth-order valence-electron chi connectivity index (χ4n) is 1.96. The second kappa shape index (κ2) is 5.95. The van der Waals surface area contributed by atoms with Crippen LogP contribution < -0.4 is 10.6 Å². The molecule has 4 nitrogen and oxygen atoms in total. The number of likely N-dealkylation sites (tertiary alicyclic amines) is 1. The molecule has 15 heavy (non-hydrogen) atoms. The Labute approximate surface area is 92.4 Å². The summed E-state index contributed by atoms with van der Waals surface area (Å²) in [5.41, 5.74) is 0. The van der Waals surface area contributed by atoms with E-state index in [1.165, 1.54) is 6.42 Å². The molecule has 2 amide bonds. The molecule has 1 saturated heterocycles. The molecule has 0 bridgehead atoms. The van der Waals surface area contributed by atoms with E-state index in [0.717, 1.165) is 26.1 Å². The van der Waals surface area contributed by atoms with Crippen molar-refractivity contribution in [2.24, 2.45) is 0 Å². The summed E-state index contributed by atoms with van der Waals surface area (Å²) in [6.45, 7) is 9.38. The van der Waals surface area contributed by atoms with Crippen LogP contribution >= 0.6 is 0 Å². The highest BCUT2D eigenvalue weighted by Crippen LogP contribution is 2.08. The molecule has 1 aliphatic rings. The summed E-state index contributed by atoms with van der Waals surface area (Å²) >= 11 is 0. The maximum atomic E-state index is 11.4. The Morgan fingerprint density at radius 3 is 2.87 bits per heavy atom. The van der Waals surface area contributed by atoms with Crippen LogP contribution in [0.2, 0.25) is 0 Å². The van der Waals surface area contributed by atoms with Crippen molar-refractivity contribution in [2.45, 2.75) is 45.7 Å². The minimum absolute atomic E-state index is 0.0339. The molecule has 0 saturated carbocycles. The lowest BCUT2D eigenvalue weighted by atomic mass is 10.3. The van der Waals surface area contributed by atoms with E-state index in [-0.39, 0.29) is 12.1 Å². The average molecular weight is 213 g/mol. The van der Waals surface area contributed by atoms with Crippen LogP contribution in [-0.2, 0) is 0 Å². The van der Waals surface area contributed by atoms with E-state index in [1.807, 2.05) is 13.8 Å². The zero-order valence-corrected chi connectivity index (χ0v) is 10.0. The van der Waals surface area contributed by atoms with E-state index < -0.39 is 0 Å². The lowest BCUT2D eigenvalue weighted by Crippen LogP contribution is -2.45. The molecule has 2 N–H and O–H groups in total. The highest BCUT2D eigenvalue weighted by atomic mass is 16.2. The van der Waals surface area contributed by atoms with Crippen LogP contribution in [0.3, 0.4) is 0 Å². The van der Waals surface area contributed by atoms with Gasteiger partial charge in [0.2, 0.25) is 0 Å². The maximum absolute atomic E-state index is 11.4. The normalized spacial score (nSPS) is 22.0. The van der Waals surface area contributed by atoms with Gasteiger partial charge in [0, 0.05) is 25.2 Å². The van der Waals surface area contributed by atoms with Crippen molar-refractivity contribution in [3.8, 4) is 0 Å². The minimum Gasteiger partial charge on any atom is -0.336 e. The van der Waals surface area contributed by atoms with E-state index in [0.29, 0.717) is 6.04 Å². The number of carbonyl (C=O) groups excluding carboxylic acids is 1. The van der Waals surface area contributed by atoms with Gasteiger partial charge in [-0.15, -0.1) is 0 Å². The Morgan fingerprint density at radius 1 is 1.53 bits per heavy atom. The van der Waals surface area contributed by atoms with Gasteiger partial charge in [0.05, 0.1) is 0 Å². The third-order valence-corrected chi connectivity index (χ3v) is 2.57. The lowest BCUT2D eigenvalue weighted by molar-refractivity contribution is 0.234. The molecule has 4 heteroatoms. The highest BCUT2D eigenvalue weighted by Gasteiger charge is 2.22. The standard InChI is InChI=1S/C11H23N3O/c1-4-6-14-7-5-10(8-14)13-11(15)12-9(2)3/h9-10H,4-8H2,1-3H3,(H2,12,13,15)/t10-/m0/s1. The molecule has 0 aliphatic carbocycles. The van der Waals surface area contributed by atoms with E-state index in [2.05, 4.69) is 22.5 Å². The number of nitrogens with one attached hydrogen (secondary N) is 2. The van der Waals surface area contributed by atoms with E-state index in [9.17, 15) is 4.79 Å². The molecule has 1 aliphatic heterocycles. The van der Waals surface area contributed by atoms with Crippen molar-refractivity contribution >= 4 is 6.03 Å². The second-order valence-corrected chi connectivity index (χ2v) is 4.56. The van der Waals surface area contributed by atoms with Crippen LogP contribution in [0, 0.1) is 0 Å². The summed E-state index contributed by atoms with van der Waals surface area (Å²) in [7, 11) is 0. The zero-order valence-electron chi connectivity index (χ0n) is 10.0. The Bertz CT molecular complexity index is 206. The Hall–Kier alpha value is -0.770. The largest absolute Gasteiger partial charge is 0.336 e. The minimum atomic E-state index is -0.0339. The van der Waals surface area contributed by atoms with Crippen molar-refractivity contribution < 1.29 is 4.79 Å². The summed E-state index contributed by atoms with van der Waals surface area (Å²) in [6.07, 6.45) is 2.26. The van der Waals surface area contributed by atoms with Gasteiger partial charge in [0.1, 0.15) is 0 Å². The molecule has 1 heterocycles. The molecule has 1 atom stereocenters. The second-order valence-electron chi connectivity index (χ2n) is 4.56. The molecule has 0 spiro atoms. The van der Waals surface area contributed by atoms with E-state index >= 15 is 0 Å². The van der Waals surface area contributed by atoms with Gasteiger partial charge in [-0.05, 0) is 33.2 Å². The lowest BCUT2D eigenvalue weighted by Gasteiger charge is -2.17. The number of carbonyl (C=O) groups is 1. The van der Waals surface area contributed by atoms with Crippen molar-refractivity contribution in [1.82, 2.24) is 15.5 Å². The van der Waals surface area contributed by atoms with Crippen LogP contribution in [0.4, 0.5) is 4.79 Å². The third kappa shape index (κ3) is 4.51. The first kappa shape index (κ1) is 12.3. The Kier molecular flexibility index (Phi) is 4.88. The molecular formula is C11H23N3O. The fourth-order valence-corrected chi connectivity index (χ4v) is 1.96. The zero-order chi connectivity index (χ0) is 11.3. The van der Waals surface area contributed by atoms with Gasteiger partial charge in [-0.2, -0.15) is 0 Å². The summed E-state index contributed by atoms with van der Waals surface area (Å²) in [4.78, 5) is 13.8. The molecule has 0 unspecified atom stereocenters. The molecule has 0 aromatic carbocycles. The van der Waals surface area contributed by atoms with Crippen LogP contribution in [0.5, 0.6) is 0 Å². The van der Waals surface area contributed by atoms with Crippen LogP contribution in [0.25, 0.3) is 0 Å². The monoisotopic (exact) mass is 213 g/mol. The van der Waals surface area contributed by atoms with Gasteiger partial charge in [-0.3, -0.25) is 0 Å². The van der Waals surface area contributed by atoms with Crippen LogP contribution in [-0.4, -0.2) is 42.6 Å². The summed E-state index contributed by atoms with van der Waals surface area (Å²) in [5, 5.41) is 5.85. The summed E-state index contributed by atoms with van der Waals surface area (Å²) < 4.78 is 0. The van der Waals surface area contributed by atoms with Gasteiger partial charge in [-0.25, -0.2) is 4.79 Å². The van der Waals surface area contributed by atoms with Crippen LogP contribution in [0.15, 0.2) is 0 Å². The van der Waals surface area contributed by atoms with Gasteiger partial charge < -0.3 is 15.5 Å². The molecule has 88 valence electrons. The molecule has 1 rings (SSSR count). The number of hydrogen-bond acceptors (Lipinski definition) is 2. The van der Waals surface area contributed by atoms with Crippen molar-refractivity contribution in [1.29, 1.82) is 0 Å². The topological polar surface area (TPSA) is 44.4 Å². The molecule has 0 radical (unpaired) electrons. The fraction of sp³-hybridized carbons (Fsp3) is 0.909. The first-order valence-corrected chi connectivity index (χ1v) is 5.91. The number of urea groups is 1. The van der Waals surface area contributed by atoms with E-state index in [1.54, 1.807) is 0 Å².